The van der Waals surface area contributed by atoms with Gasteiger partial charge in [0.1, 0.15) is 28.6 Å². The highest BCUT2D eigenvalue weighted by Crippen LogP contribution is 2.37. The van der Waals surface area contributed by atoms with E-state index in [0.717, 1.165) is 33.7 Å². The average Bonchev–Trinajstić information content (AvgIpc) is 3.44. The molecular weight excluding hydrogens is 673 g/mol. The van der Waals surface area contributed by atoms with Crippen LogP contribution in [0.4, 0.5) is 19.0 Å². The van der Waals surface area contributed by atoms with E-state index in [9.17, 15) is 23.2 Å². The minimum absolute atomic E-state index is 0.0524. The summed E-state index contributed by atoms with van der Waals surface area (Å²) in [6.07, 6.45) is -3.86. The third-order valence-corrected chi connectivity index (χ3v) is 7.98. The van der Waals surface area contributed by atoms with Crippen LogP contribution in [-0.2, 0) is 25.8 Å². The Hall–Kier alpha value is -6.00. The van der Waals surface area contributed by atoms with E-state index in [1.165, 1.54) is 18.2 Å². The van der Waals surface area contributed by atoms with E-state index >= 15 is 0 Å². The summed E-state index contributed by atoms with van der Waals surface area (Å²) in [5.74, 6) is 0.839. The molecule has 3 aromatic heterocycles. The number of methoxy groups -OCH3 is 2. The number of alkyl halides is 3. The summed E-state index contributed by atoms with van der Waals surface area (Å²) < 4.78 is 61.0. The molecule has 0 atom stereocenters. The first-order valence-electron chi connectivity index (χ1n) is 15.1. The number of fused-ring (bicyclic) bond motifs is 1. The molecule has 3 aromatic carbocycles. The van der Waals surface area contributed by atoms with Gasteiger partial charge in [0.15, 0.2) is 5.65 Å². The molecule has 0 aliphatic rings. The van der Waals surface area contributed by atoms with Crippen LogP contribution in [0.1, 0.15) is 27.9 Å². The molecule has 14 heteroatoms. The van der Waals surface area contributed by atoms with Gasteiger partial charge in [0.2, 0.25) is 5.75 Å². The van der Waals surface area contributed by atoms with Gasteiger partial charge >= 0.3 is 6.18 Å². The Morgan fingerprint density at radius 3 is 2.20 bits per heavy atom. The maximum Gasteiger partial charge on any atom is 0.420 e. The molecule has 0 bridgehead atoms. The predicted octanol–water partition coefficient (Wildman–Crippen LogP) is 7.66. The van der Waals surface area contributed by atoms with Crippen molar-refractivity contribution in [1.82, 2.24) is 19.3 Å². The summed E-state index contributed by atoms with van der Waals surface area (Å²) in [6.45, 7) is 0.592. The Morgan fingerprint density at radius 1 is 0.880 bits per heavy atom. The molecule has 0 radical (unpaired) electrons. The van der Waals surface area contributed by atoms with E-state index in [4.69, 9.17) is 35.9 Å². The number of halogens is 4. The fraction of sp³-hybridized carbons (Fsp3) is 0.167. The summed E-state index contributed by atoms with van der Waals surface area (Å²) >= 11 is 6.04. The van der Waals surface area contributed by atoms with Gasteiger partial charge in [0.25, 0.3) is 5.56 Å². The third-order valence-electron chi connectivity index (χ3n) is 7.76. The van der Waals surface area contributed by atoms with Crippen LogP contribution < -0.4 is 25.1 Å². The zero-order valence-corrected chi connectivity index (χ0v) is 27.4. The molecule has 6 rings (SSSR count). The van der Waals surface area contributed by atoms with Crippen molar-refractivity contribution < 1.29 is 27.4 Å². The number of hydrogen-bond donors (Lipinski definition) is 1. The number of nitrogens with one attached hydrogen (secondary N) is 1. The number of nitrogens with zero attached hydrogens (tertiary/aromatic N) is 5. The molecule has 0 amide bonds. The largest absolute Gasteiger partial charge is 0.497 e. The quantitative estimate of drug-likeness (QED) is 0.147. The van der Waals surface area contributed by atoms with Crippen LogP contribution in [0.3, 0.4) is 0 Å². The van der Waals surface area contributed by atoms with Gasteiger partial charge < -0.3 is 24.1 Å². The molecule has 254 valence electrons. The summed E-state index contributed by atoms with van der Waals surface area (Å²) in [5, 5.41) is 18.0. The Bertz CT molecular complexity index is 2260. The molecule has 0 saturated heterocycles. The van der Waals surface area contributed by atoms with Gasteiger partial charge in [-0.15, -0.1) is 0 Å². The fourth-order valence-electron chi connectivity index (χ4n) is 5.25. The summed E-state index contributed by atoms with van der Waals surface area (Å²) in [7, 11) is 3.18. The molecule has 0 aliphatic heterocycles. The first-order valence-corrected chi connectivity index (χ1v) is 15.5. The fourth-order valence-corrected chi connectivity index (χ4v) is 5.47. The topological polar surface area (TPSA) is 116 Å². The molecule has 0 aliphatic carbocycles. The lowest BCUT2D eigenvalue weighted by atomic mass is 10.2. The Kier molecular flexibility index (Phi) is 9.65. The third kappa shape index (κ3) is 7.50. The molecule has 0 fully saturated rings. The van der Waals surface area contributed by atoms with Gasteiger partial charge in [0, 0.05) is 23.2 Å². The molecule has 1 N–H and O–H groups in total. The molecule has 10 nitrogen and oxygen atoms in total. The lowest BCUT2D eigenvalue weighted by molar-refractivity contribution is -0.138. The second-order valence-electron chi connectivity index (χ2n) is 11.1. The van der Waals surface area contributed by atoms with Crippen LogP contribution in [0.5, 0.6) is 23.0 Å². The van der Waals surface area contributed by atoms with Crippen LogP contribution in [0.2, 0.25) is 5.02 Å². The number of pyridine rings is 2. The standard InChI is InChI=1S/C36H28ClF3N6O4/c1-48-26-7-3-22(4-8-26)19-42-32-12-11-29-31(44-46(34(29)43-32)20-23-5-9-27(49-2)10-6-23)21-45-14-13-30(36(38,39)40)33(35(45)47)50-28-16-24(18-41)15-25(37)17-28/h3-17H,19-21H2,1-2H3,(H,42,43). The minimum atomic E-state index is -4.91. The van der Waals surface area contributed by atoms with Gasteiger partial charge in [0.05, 0.1) is 44.6 Å². The predicted molar refractivity (Wildman–Crippen MR) is 181 cm³/mol. The Balaban J connectivity index is 1.37. The molecule has 0 spiro atoms. The van der Waals surface area contributed by atoms with E-state index in [2.05, 4.69) is 5.32 Å². The normalized spacial score (nSPS) is 11.3. The highest BCUT2D eigenvalue weighted by molar-refractivity contribution is 6.30. The number of anilines is 1. The summed E-state index contributed by atoms with van der Waals surface area (Å²) in [6, 6.07) is 24.9. The zero-order valence-electron chi connectivity index (χ0n) is 26.7. The molecule has 6 aromatic rings. The van der Waals surface area contributed by atoms with E-state index < -0.39 is 23.0 Å². The lowest BCUT2D eigenvalue weighted by Gasteiger charge is -2.15. The smallest absolute Gasteiger partial charge is 0.420 e. The number of ether oxygens (including phenoxy) is 3. The number of aromatic nitrogens is 4. The van der Waals surface area contributed by atoms with Crippen LogP contribution in [-0.4, -0.2) is 33.6 Å². The molecular formula is C36H28ClF3N6O4. The summed E-state index contributed by atoms with van der Waals surface area (Å²) in [4.78, 5) is 18.5. The van der Waals surface area contributed by atoms with Crippen molar-refractivity contribution in [3.8, 4) is 29.1 Å². The number of benzene rings is 3. The van der Waals surface area contributed by atoms with Crippen molar-refractivity contribution in [1.29, 1.82) is 5.26 Å². The van der Waals surface area contributed by atoms with Crippen molar-refractivity contribution in [2.45, 2.75) is 25.8 Å². The van der Waals surface area contributed by atoms with Gasteiger partial charge in [-0.25, -0.2) is 9.67 Å². The first-order chi connectivity index (χ1) is 24.0. The second-order valence-corrected chi connectivity index (χ2v) is 11.5. The summed E-state index contributed by atoms with van der Waals surface area (Å²) in [5.41, 5.74) is 0.502. The van der Waals surface area contributed by atoms with Gasteiger partial charge in [-0.3, -0.25) is 4.79 Å². The van der Waals surface area contributed by atoms with E-state index in [1.54, 1.807) is 31.0 Å². The van der Waals surface area contributed by atoms with Crippen molar-refractivity contribution in [3.05, 3.63) is 134 Å². The highest BCUT2D eigenvalue weighted by atomic mass is 35.5. The van der Waals surface area contributed by atoms with E-state index in [0.29, 0.717) is 41.4 Å². The molecule has 50 heavy (non-hydrogen) atoms. The SMILES string of the molecule is COc1ccc(CNc2ccc3c(Cn4ccc(C(F)(F)F)c(Oc5cc(Cl)cc(C#N)c5)c4=O)nn(Cc4ccc(OC)cc4)c3n2)cc1. The molecule has 0 saturated carbocycles. The van der Waals surface area contributed by atoms with Crippen molar-refractivity contribution >= 4 is 28.5 Å². The molecule has 0 unspecified atom stereocenters. The van der Waals surface area contributed by atoms with Gasteiger partial charge in [-0.05, 0) is 71.8 Å². The number of nitriles is 1. The highest BCUT2D eigenvalue weighted by Gasteiger charge is 2.36. The molecule has 3 heterocycles. The van der Waals surface area contributed by atoms with Crippen LogP contribution in [0, 0.1) is 11.3 Å². The first kappa shape index (κ1) is 33.9. The van der Waals surface area contributed by atoms with E-state index in [-0.39, 0.29) is 22.9 Å². The second kappa shape index (κ2) is 14.2. The number of hydrogen-bond acceptors (Lipinski definition) is 8. The van der Waals surface area contributed by atoms with Crippen LogP contribution >= 0.6 is 11.6 Å². The number of rotatable bonds is 11. The lowest BCUT2D eigenvalue weighted by Crippen LogP contribution is -2.25. The Labute approximate surface area is 288 Å². The minimum Gasteiger partial charge on any atom is -0.497 e. The zero-order chi connectivity index (χ0) is 35.4. The van der Waals surface area contributed by atoms with Crippen molar-refractivity contribution in [3.63, 3.8) is 0 Å². The van der Waals surface area contributed by atoms with Crippen molar-refractivity contribution in [2.75, 3.05) is 19.5 Å². The Morgan fingerprint density at radius 2 is 1.56 bits per heavy atom. The van der Waals surface area contributed by atoms with Gasteiger partial charge in [-0.1, -0.05) is 35.9 Å². The monoisotopic (exact) mass is 700 g/mol. The average molecular weight is 701 g/mol. The van der Waals surface area contributed by atoms with Crippen LogP contribution in [0.15, 0.2) is 95.9 Å². The van der Waals surface area contributed by atoms with Gasteiger partial charge in [-0.2, -0.15) is 23.5 Å². The maximum absolute atomic E-state index is 14.1. The van der Waals surface area contributed by atoms with Crippen molar-refractivity contribution in [2.24, 2.45) is 0 Å². The maximum atomic E-state index is 14.1. The van der Waals surface area contributed by atoms with Crippen LogP contribution in [0.25, 0.3) is 11.0 Å². The van der Waals surface area contributed by atoms with E-state index in [1.807, 2.05) is 54.6 Å².